The SMILES string of the molecule is COC(=O)C(CC(=O)Cc1ccccc1)=S=O. The van der Waals surface area contributed by atoms with Gasteiger partial charge in [-0.1, -0.05) is 30.3 Å². The largest absolute Gasteiger partial charge is 0.465 e. The zero-order valence-electron chi connectivity index (χ0n) is 9.34. The lowest BCUT2D eigenvalue weighted by Crippen LogP contribution is -2.20. The number of carbonyl (C=O) groups excluding carboxylic acids is 2. The zero-order valence-corrected chi connectivity index (χ0v) is 10.2. The maximum Gasteiger partial charge on any atom is 0.347 e. The van der Waals surface area contributed by atoms with E-state index in [2.05, 4.69) is 4.74 Å². The van der Waals surface area contributed by atoms with E-state index in [-0.39, 0.29) is 34.7 Å². The molecule has 0 fully saturated rings. The average Bonchev–Trinajstić information content (AvgIpc) is 2.36. The predicted molar refractivity (Wildman–Crippen MR) is 64.9 cm³/mol. The third-order valence-electron chi connectivity index (χ3n) is 2.12. The maximum atomic E-state index is 11.6. The second kappa shape index (κ2) is 6.75. The fourth-order valence-corrected chi connectivity index (χ4v) is 1.69. The fourth-order valence-electron chi connectivity index (χ4n) is 1.31. The van der Waals surface area contributed by atoms with Crippen LogP contribution in [0.25, 0.3) is 0 Å². The van der Waals surface area contributed by atoms with Crippen molar-refractivity contribution in [3.05, 3.63) is 35.9 Å². The average molecular weight is 252 g/mol. The normalized spacial score (nSPS) is 9.47. The molecular formula is C12H12O4S. The molecule has 0 saturated heterocycles. The van der Waals surface area contributed by atoms with Crippen LogP contribution in [-0.2, 0) is 32.0 Å². The van der Waals surface area contributed by atoms with Crippen molar-refractivity contribution in [2.75, 3.05) is 7.11 Å². The summed E-state index contributed by atoms with van der Waals surface area (Å²) in [5, 5.41) is 0. The molecule has 0 unspecified atom stereocenters. The van der Waals surface area contributed by atoms with Gasteiger partial charge in [0.15, 0.2) is 0 Å². The van der Waals surface area contributed by atoms with Crippen molar-refractivity contribution in [3.8, 4) is 0 Å². The molecule has 17 heavy (non-hydrogen) atoms. The van der Waals surface area contributed by atoms with Gasteiger partial charge in [0.2, 0.25) is 0 Å². The predicted octanol–water partition coefficient (Wildman–Crippen LogP) is 0.747. The van der Waals surface area contributed by atoms with E-state index in [9.17, 15) is 13.8 Å². The third-order valence-corrected chi connectivity index (χ3v) is 2.63. The van der Waals surface area contributed by atoms with Crippen LogP contribution in [0.5, 0.6) is 0 Å². The van der Waals surface area contributed by atoms with Gasteiger partial charge in [0.1, 0.15) is 21.9 Å². The number of hydrogen-bond acceptors (Lipinski definition) is 4. The monoisotopic (exact) mass is 252 g/mol. The second-order valence-electron chi connectivity index (χ2n) is 3.38. The minimum absolute atomic E-state index is 0.0128. The van der Waals surface area contributed by atoms with Crippen molar-refractivity contribution in [1.29, 1.82) is 0 Å². The van der Waals surface area contributed by atoms with Crippen molar-refractivity contribution >= 4 is 27.9 Å². The highest BCUT2D eigenvalue weighted by molar-refractivity contribution is 7.68. The van der Waals surface area contributed by atoms with E-state index in [1.807, 2.05) is 30.3 Å². The molecule has 0 saturated carbocycles. The lowest BCUT2D eigenvalue weighted by Gasteiger charge is -2.01. The quantitative estimate of drug-likeness (QED) is 0.573. The Kier molecular flexibility index (Phi) is 5.29. The van der Waals surface area contributed by atoms with E-state index in [1.165, 1.54) is 7.11 Å². The van der Waals surface area contributed by atoms with Crippen LogP contribution < -0.4 is 0 Å². The van der Waals surface area contributed by atoms with Gasteiger partial charge in [-0.15, -0.1) is 0 Å². The summed E-state index contributed by atoms with van der Waals surface area (Å²) in [6, 6.07) is 9.15. The number of carbonyl (C=O) groups is 2. The molecule has 0 spiro atoms. The van der Waals surface area contributed by atoms with E-state index in [0.717, 1.165) is 5.56 Å². The Morgan fingerprint density at radius 1 is 1.24 bits per heavy atom. The standard InChI is InChI=1S/C12H12O4S/c1-16-12(14)11(17-15)8-10(13)7-9-5-3-2-4-6-9/h2-6H,7-8H2,1H3. The summed E-state index contributed by atoms with van der Waals surface area (Å²) in [5.74, 6) is -0.911. The Morgan fingerprint density at radius 3 is 2.41 bits per heavy atom. The first-order chi connectivity index (χ1) is 8.17. The summed E-state index contributed by atoms with van der Waals surface area (Å²) >= 11 is 0.0128. The van der Waals surface area contributed by atoms with Gasteiger partial charge in [0.05, 0.1) is 13.5 Å². The fraction of sp³-hybridized carbons (Fsp3) is 0.250. The topological polar surface area (TPSA) is 60.4 Å². The lowest BCUT2D eigenvalue weighted by atomic mass is 10.1. The highest BCUT2D eigenvalue weighted by Crippen LogP contribution is 2.02. The molecule has 0 aliphatic carbocycles. The molecule has 0 radical (unpaired) electrons. The maximum absolute atomic E-state index is 11.6. The highest BCUT2D eigenvalue weighted by Gasteiger charge is 2.15. The number of ether oxygens (including phenoxy) is 1. The number of benzene rings is 1. The van der Waals surface area contributed by atoms with Crippen molar-refractivity contribution in [3.63, 3.8) is 0 Å². The summed E-state index contributed by atoms with van der Waals surface area (Å²) in [6.07, 6.45) is 0.0393. The molecule has 0 atom stereocenters. The van der Waals surface area contributed by atoms with Crippen LogP contribution in [0, 0.1) is 0 Å². The number of ketones is 1. The summed E-state index contributed by atoms with van der Waals surface area (Å²) in [6.45, 7) is 0. The van der Waals surface area contributed by atoms with Crippen LogP contribution in [0.15, 0.2) is 30.3 Å². The molecule has 1 aromatic carbocycles. The second-order valence-corrected chi connectivity index (χ2v) is 4.04. The minimum atomic E-state index is -0.730. The molecular weight excluding hydrogens is 240 g/mol. The van der Waals surface area contributed by atoms with Crippen LogP contribution in [0.1, 0.15) is 12.0 Å². The molecule has 0 aliphatic heterocycles. The van der Waals surface area contributed by atoms with E-state index >= 15 is 0 Å². The van der Waals surface area contributed by atoms with Crippen LogP contribution in [-0.4, -0.2) is 27.9 Å². The Hall–Kier alpha value is -1.75. The van der Waals surface area contributed by atoms with E-state index in [4.69, 9.17) is 0 Å². The zero-order chi connectivity index (χ0) is 12.7. The Balaban J connectivity index is 2.61. The van der Waals surface area contributed by atoms with Gasteiger partial charge < -0.3 is 4.74 Å². The first-order valence-corrected chi connectivity index (χ1v) is 5.71. The molecule has 1 aromatic rings. The van der Waals surface area contributed by atoms with Crippen LogP contribution in [0.4, 0.5) is 0 Å². The molecule has 90 valence electrons. The van der Waals surface area contributed by atoms with Gasteiger partial charge in [-0.25, -0.2) is 9.00 Å². The van der Waals surface area contributed by atoms with E-state index in [1.54, 1.807) is 0 Å². The number of esters is 1. The van der Waals surface area contributed by atoms with Crippen molar-refractivity contribution in [2.45, 2.75) is 12.8 Å². The Labute approximate surface area is 103 Å². The summed E-state index contributed by atoms with van der Waals surface area (Å²) < 4.78 is 15.1. The van der Waals surface area contributed by atoms with Crippen LogP contribution in [0.2, 0.25) is 0 Å². The molecule has 4 nitrogen and oxygen atoms in total. The van der Waals surface area contributed by atoms with Gasteiger partial charge in [-0.3, -0.25) is 4.79 Å². The Bertz CT molecular complexity index is 461. The van der Waals surface area contributed by atoms with Gasteiger partial charge in [0, 0.05) is 6.42 Å². The van der Waals surface area contributed by atoms with Crippen molar-refractivity contribution < 1.29 is 18.5 Å². The number of hydrogen-bond donors (Lipinski definition) is 0. The number of Topliss-reactive ketones (excluding diaryl/α,β-unsaturated/α-hetero) is 1. The molecule has 0 amide bonds. The summed E-state index contributed by atoms with van der Waals surface area (Å²) in [7, 11) is 1.18. The molecule has 0 bridgehead atoms. The summed E-state index contributed by atoms with van der Waals surface area (Å²) in [5.41, 5.74) is 0.859. The van der Waals surface area contributed by atoms with Crippen LogP contribution >= 0.6 is 0 Å². The molecule has 0 heterocycles. The first-order valence-electron chi connectivity index (χ1n) is 4.97. The van der Waals surface area contributed by atoms with E-state index in [0.29, 0.717) is 0 Å². The molecule has 0 aliphatic rings. The summed E-state index contributed by atoms with van der Waals surface area (Å²) in [4.78, 5) is 22.6. The molecule has 1 rings (SSSR count). The highest BCUT2D eigenvalue weighted by atomic mass is 32.1. The third kappa shape index (κ3) is 4.32. The van der Waals surface area contributed by atoms with Gasteiger partial charge in [-0.05, 0) is 5.56 Å². The first kappa shape index (κ1) is 13.3. The van der Waals surface area contributed by atoms with Gasteiger partial charge in [-0.2, -0.15) is 0 Å². The van der Waals surface area contributed by atoms with E-state index < -0.39 is 5.97 Å². The number of methoxy groups -OCH3 is 1. The molecule has 0 N–H and O–H groups in total. The smallest absolute Gasteiger partial charge is 0.347 e. The Morgan fingerprint density at radius 2 is 1.88 bits per heavy atom. The van der Waals surface area contributed by atoms with Crippen molar-refractivity contribution in [2.24, 2.45) is 0 Å². The molecule has 5 heteroatoms. The lowest BCUT2D eigenvalue weighted by molar-refractivity contribution is -0.133. The van der Waals surface area contributed by atoms with Crippen molar-refractivity contribution in [1.82, 2.24) is 0 Å². The minimum Gasteiger partial charge on any atom is -0.465 e. The van der Waals surface area contributed by atoms with Gasteiger partial charge in [0.25, 0.3) is 0 Å². The number of rotatable bonds is 5. The molecule has 0 aromatic heterocycles. The van der Waals surface area contributed by atoms with Gasteiger partial charge >= 0.3 is 5.97 Å². The van der Waals surface area contributed by atoms with Crippen LogP contribution in [0.3, 0.4) is 0 Å².